The maximum absolute atomic E-state index is 11.5. The SMILES string of the molecule is CC(=O)OC(C)(c1ccc(O)cc1)C(N)c1ccc(O)cc1. The predicted molar refractivity (Wildman–Crippen MR) is 82.3 cm³/mol. The zero-order valence-electron chi connectivity index (χ0n) is 12.5. The Hall–Kier alpha value is -2.53. The summed E-state index contributed by atoms with van der Waals surface area (Å²) in [5, 5.41) is 18.8. The molecule has 0 aliphatic rings. The number of aromatic hydroxyl groups is 2. The van der Waals surface area contributed by atoms with Crippen LogP contribution in [-0.2, 0) is 15.1 Å². The Bertz CT molecular complexity index is 651. The molecular formula is C17H19NO4. The van der Waals surface area contributed by atoms with E-state index in [0.717, 1.165) is 5.56 Å². The van der Waals surface area contributed by atoms with Gasteiger partial charge in [0.15, 0.2) is 5.60 Å². The third kappa shape index (κ3) is 3.20. The highest BCUT2D eigenvalue weighted by Gasteiger charge is 2.38. The van der Waals surface area contributed by atoms with Crippen LogP contribution in [0.2, 0.25) is 0 Å². The predicted octanol–water partition coefficient (Wildman–Crippen LogP) is 2.58. The molecule has 2 atom stereocenters. The fourth-order valence-corrected chi connectivity index (χ4v) is 2.39. The van der Waals surface area contributed by atoms with Gasteiger partial charge in [-0.05, 0) is 42.3 Å². The monoisotopic (exact) mass is 301 g/mol. The fourth-order valence-electron chi connectivity index (χ4n) is 2.39. The summed E-state index contributed by atoms with van der Waals surface area (Å²) in [7, 11) is 0. The fraction of sp³-hybridized carbons (Fsp3) is 0.235. The molecule has 0 radical (unpaired) electrons. The normalized spacial score (nSPS) is 14.9. The molecule has 5 heteroatoms. The molecule has 0 spiro atoms. The van der Waals surface area contributed by atoms with Crippen LogP contribution in [0.15, 0.2) is 48.5 Å². The Morgan fingerprint density at radius 1 is 1.05 bits per heavy atom. The van der Waals surface area contributed by atoms with Crippen LogP contribution in [0.25, 0.3) is 0 Å². The summed E-state index contributed by atoms with van der Waals surface area (Å²) in [5.41, 5.74) is 6.60. The van der Waals surface area contributed by atoms with E-state index < -0.39 is 17.6 Å². The highest BCUT2D eigenvalue weighted by atomic mass is 16.6. The molecule has 0 fully saturated rings. The standard InChI is InChI=1S/C17H19NO4/c1-11(19)22-17(2,13-5-9-15(21)10-6-13)16(18)12-3-7-14(20)8-4-12/h3-10,16,20-21H,18H2,1-2H3. The average Bonchev–Trinajstić information content (AvgIpc) is 2.47. The van der Waals surface area contributed by atoms with Gasteiger partial charge in [-0.15, -0.1) is 0 Å². The molecule has 116 valence electrons. The van der Waals surface area contributed by atoms with Crippen molar-refractivity contribution in [1.29, 1.82) is 0 Å². The molecule has 0 aromatic heterocycles. The second-order valence-corrected chi connectivity index (χ2v) is 5.32. The first-order valence-corrected chi connectivity index (χ1v) is 6.86. The van der Waals surface area contributed by atoms with E-state index in [-0.39, 0.29) is 11.5 Å². The van der Waals surface area contributed by atoms with Gasteiger partial charge in [0.2, 0.25) is 0 Å². The molecular weight excluding hydrogens is 282 g/mol. The first-order valence-electron chi connectivity index (χ1n) is 6.86. The van der Waals surface area contributed by atoms with Gasteiger partial charge in [-0.25, -0.2) is 0 Å². The van der Waals surface area contributed by atoms with Gasteiger partial charge in [-0.1, -0.05) is 24.3 Å². The van der Waals surface area contributed by atoms with Gasteiger partial charge >= 0.3 is 5.97 Å². The number of phenolic OH excluding ortho intramolecular Hbond substituents is 2. The van der Waals surface area contributed by atoms with E-state index in [2.05, 4.69) is 0 Å². The van der Waals surface area contributed by atoms with Gasteiger partial charge in [0.1, 0.15) is 11.5 Å². The van der Waals surface area contributed by atoms with E-state index in [1.165, 1.54) is 31.2 Å². The van der Waals surface area contributed by atoms with Crippen LogP contribution in [0.4, 0.5) is 0 Å². The molecule has 2 aromatic carbocycles. The lowest BCUT2D eigenvalue weighted by atomic mass is 9.84. The van der Waals surface area contributed by atoms with Crippen molar-refractivity contribution in [3.63, 3.8) is 0 Å². The first kappa shape index (κ1) is 15.9. The highest BCUT2D eigenvalue weighted by Crippen LogP contribution is 2.38. The number of hydrogen-bond donors (Lipinski definition) is 3. The van der Waals surface area contributed by atoms with Crippen molar-refractivity contribution >= 4 is 5.97 Å². The molecule has 0 aliphatic carbocycles. The van der Waals surface area contributed by atoms with E-state index in [0.29, 0.717) is 5.56 Å². The number of phenols is 2. The summed E-state index contributed by atoms with van der Waals surface area (Å²) in [4.78, 5) is 11.5. The van der Waals surface area contributed by atoms with Crippen molar-refractivity contribution in [2.75, 3.05) is 0 Å². The second kappa shape index (κ2) is 6.07. The van der Waals surface area contributed by atoms with Crippen molar-refractivity contribution in [3.05, 3.63) is 59.7 Å². The summed E-state index contributed by atoms with van der Waals surface area (Å²) in [6, 6.07) is 12.1. The minimum atomic E-state index is -1.10. The summed E-state index contributed by atoms with van der Waals surface area (Å²) in [6.07, 6.45) is 0. The Morgan fingerprint density at radius 2 is 1.50 bits per heavy atom. The summed E-state index contributed by atoms with van der Waals surface area (Å²) >= 11 is 0. The maximum Gasteiger partial charge on any atom is 0.303 e. The van der Waals surface area contributed by atoms with Crippen LogP contribution in [0.1, 0.15) is 31.0 Å². The quantitative estimate of drug-likeness (QED) is 0.755. The molecule has 2 aromatic rings. The minimum Gasteiger partial charge on any atom is -0.508 e. The van der Waals surface area contributed by atoms with Crippen molar-refractivity contribution in [2.45, 2.75) is 25.5 Å². The number of carbonyl (C=O) groups excluding carboxylic acids is 1. The Balaban J connectivity index is 2.46. The molecule has 2 unspecified atom stereocenters. The Morgan fingerprint density at radius 3 is 1.95 bits per heavy atom. The lowest BCUT2D eigenvalue weighted by Gasteiger charge is -2.35. The topological polar surface area (TPSA) is 92.8 Å². The molecule has 0 aliphatic heterocycles. The van der Waals surface area contributed by atoms with Crippen LogP contribution in [0.5, 0.6) is 11.5 Å². The van der Waals surface area contributed by atoms with Crippen molar-refractivity contribution in [2.24, 2.45) is 5.73 Å². The van der Waals surface area contributed by atoms with Crippen LogP contribution < -0.4 is 5.73 Å². The minimum absolute atomic E-state index is 0.118. The van der Waals surface area contributed by atoms with E-state index in [1.807, 2.05) is 0 Å². The smallest absolute Gasteiger partial charge is 0.303 e. The van der Waals surface area contributed by atoms with Crippen molar-refractivity contribution in [1.82, 2.24) is 0 Å². The van der Waals surface area contributed by atoms with Crippen LogP contribution in [0.3, 0.4) is 0 Å². The number of benzene rings is 2. The van der Waals surface area contributed by atoms with Crippen LogP contribution >= 0.6 is 0 Å². The molecule has 0 heterocycles. The zero-order chi connectivity index (χ0) is 16.3. The van der Waals surface area contributed by atoms with Crippen molar-refractivity contribution < 1.29 is 19.7 Å². The highest BCUT2D eigenvalue weighted by molar-refractivity contribution is 5.67. The van der Waals surface area contributed by atoms with Crippen LogP contribution in [-0.4, -0.2) is 16.2 Å². The molecule has 4 N–H and O–H groups in total. The lowest BCUT2D eigenvalue weighted by Crippen LogP contribution is -2.39. The maximum atomic E-state index is 11.5. The first-order chi connectivity index (χ1) is 10.3. The Kier molecular flexibility index (Phi) is 4.37. The summed E-state index contributed by atoms with van der Waals surface area (Å²) in [5.74, 6) is -0.202. The third-order valence-electron chi connectivity index (χ3n) is 3.64. The summed E-state index contributed by atoms with van der Waals surface area (Å²) in [6.45, 7) is 3.04. The van der Waals surface area contributed by atoms with Gasteiger partial charge in [-0.3, -0.25) is 4.79 Å². The van der Waals surface area contributed by atoms with Crippen LogP contribution in [0, 0.1) is 0 Å². The largest absolute Gasteiger partial charge is 0.508 e. The molecule has 5 nitrogen and oxygen atoms in total. The van der Waals surface area contributed by atoms with Gasteiger partial charge in [0.05, 0.1) is 6.04 Å². The van der Waals surface area contributed by atoms with Gasteiger partial charge < -0.3 is 20.7 Å². The molecule has 22 heavy (non-hydrogen) atoms. The number of nitrogens with two attached hydrogens (primary N) is 1. The molecule has 0 saturated heterocycles. The van der Waals surface area contributed by atoms with E-state index in [1.54, 1.807) is 31.2 Å². The number of rotatable bonds is 4. The molecule has 0 amide bonds. The average molecular weight is 301 g/mol. The second-order valence-electron chi connectivity index (χ2n) is 5.32. The third-order valence-corrected chi connectivity index (χ3v) is 3.64. The van der Waals surface area contributed by atoms with Gasteiger partial charge in [0, 0.05) is 6.92 Å². The number of hydrogen-bond acceptors (Lipinski definition) is 5. The molecule has 0 saturated carbocycles. The van der Waals surface area contributed by atoms with Crippen molar-refractivity contribution in [3.8, 4) is 11.5 Å². The molecule has 0 bridgehead atoms. The van der Waals surface area contributed by atoms with E-state index >= 15 is 0 Å². The Labute approximate surface area is 129 Å². The van der Waals surface area contributed by atoms with Gasteiger partial charge in [0.25, 0.3) is 0 Å². The number of esters is 1. The molecule has 2 rings (SSSR count). The number of ether oxygens (including phenoxy) is 1. The van der Waals surface area contributed by atoms with E-state index in [4.69, 9.17) is 10.5 Å². The van der Waals surface area contributed by atoms with E-state index in [9.17, 15) is 15.0 Å². The van der Waals surface area contributed by atoms with Gasteiger partial charge in [-0.2, -0.15) is 0 Å². The lowest BCUT2D eigenvalue weighted by molar-refractivity contribution is -0.159. The summed E-state index contributed by atoms with van der Waals surface area (Å²) < 4.78 is 5.50. The number of carbonyl (C=O) groups is 1. The zero-order valence-corrected chi connectivity index (χ0v) is 12.5.